The van der Waals surface area contributed by atoms with E-state index < -0.39 is 30.0 Å². The van der Waals surface area contributed by atoms with Gasteiger partial charge < -0.3 is 15.4 Å². The van der Waals surface area contributed by atoms with Crippen molar-refractivity contribution in [3.63, 3.8) is 0 Å². The number of halogens is 1. The van der Waals surface area contributed by atoms with Gasteiger partial charge in [0.25, 0.3) is 0 Å². The molecule has 0 radical (unpaired) electrons. The van der Waals surface area contributed by atoms with E-state index in [-0.39, 0.29) is 11.3 Å². The standard InChI is InChI=1S/C17H15FN2O4/c1-24-17(23)11-5-4-6-12(9-11)19-15(21)10-16(22)20-14-8-3-2-7-13(14)18/h2-9H,10H2,1H3,(H,19,21)(H,20,22). The summed E-state index contributed by atoms with van der Waals surface area (Å²) >= 11 is 0. The summed E-state index contributed by atoms with van der Waals surface area (Å²) in [5, 5.41) is 4.81. The molecule has 6 nitrogen and oxygen atoms in total. The van der Waals surface area contributed by atoms with Crippen molar-refractivity contribution < 1.29 is 23.5 Å². The van der Waals surface area contributed by atoms with E-state index >= 15 is 0 Å². The summed E-state index contributed by atoms with van der Waals surface area (Å²) in [6.45, 7) is 0. The maximum atomic E-state index is 13.4. The van der Waals surface area contributed by atoms with Crippen LogP contribution in [0.4, 0.5) is 15.8 Å². The Morgan fingerprint density at radius 2 is 1.71 bits per heavy atom. The highest BCUT2D eigenvalue weighted by molar-refractivity contribution is 6.08. The maximum absolute atomic E-state index is 13.4. The smallest absolute Gasteiger partial charge is 0.337 e. The van der Waals surface area contributed by atoms with Crippen LogP contribution >= 0.6 is 0 Å². The fourth-order valence-corrected chi connectivity index (χ4v) is 1.95. The van der Waals surface area contributed by atoms with E-state index in [2.05, 4.69) is 15.4 Å². The fraction of sp³-hybridized carbons (Fsp3) is 0.118. The molecule has 0 fully saturated rings. The van der Waals surface area contributed by atoms with Gasteiger partial charge in [0, 0.05) is 5.69 Å². The third-order valence-corrected chi connectivity index (χ3v) is 3.04. The predicted molar refractivity (Wildman–Crippen MR) is 86.1 cm³/mol. The summed E-state index contributed by atoms with van der Waals surface area (Å²) < 4.78 is 18.0. The number of hydrogen-bond acceptors (Lipinski definition) is 4. The van der Waals surface area contributed by atoms with Crippen LogP contribution in [0.3, 0.4) is 0 Å². The number of anilines is 2. The summed E-state index contributed by atoms with van der Waals surface area (Å²) in [4.78, 5) is 35.1. The molecule has 7 heteroatoms. The number of nitrogens with one attached hydrogen (secondary N) is 2. The Kier molecular flexibility index (Phi) is 5.62. The topological polar surface area (TPSA) is 84.5 Å². The van der Waals surface area contributed by atoms with Crippen LogP contribution in [-0.2, 0) is 14.3 Å². The van der Waals surface area contributed by atoms with Gasteiger partial charge in [-0.2, -0.15) is 0 Å². The van der Waals surface area contributed by atoms with Crippen molar-refractivity contribution in [2.45, 2.75) is 6.42 Å². The van der Waals surface area contributed by atoms with Crippen LogP contribution < -0.4 is 10.6 Å². The molecule has 0 aliphatic carbocycles. The average molecular weight is 330 g/mol. The maximum Gasteiger partial charge on any atom is 0.337 e. The molecule has 0 saturated carbocycles. The molecule has 0 atom stereocenters. The first-order valence-corrected chi connectivity index (χ1v) is 7.02. The Morgan fingerprint density at radius 1 is 1.00 bits per heavy atom. The van der Waals surface area contributed by atoms with E-state index in [9.17, 15) is 18.8 Å². The van der Waals surface area contributed by atoms with Crippen LogP contribution in [-0.4, -0.2) is 24.9 Å². The zero-order valence-corrected chi connectivity index (χ0v) is 12.8. The van der Waals surface area contributed by atoms with E-state index in [0.29, 0.717) is 5.69 Å². The summed E-state index contributed by atoms with van der Waals surface area (Å²) in [7, 11) is 1.25. The van der Waals surface area contributed by atoms with Crippen LogP contribution in [0.5, 0.6) is 0 Å². The largest absolute Gasteiger partial charge is 0.465 e. The van der Waals surface area contributed by atoms with Crippen molar-refractivity contribution in [1.82, 2.24) is 0 Å². The van der Waals surface area contributed by atoms with Gasteiger partial charge in [-0.15, -0.1) is 0 Å². The lowest BCUT2D eigenvalue weighted by Crippen LogP contribution is -2.22. The quantitative estimate of drug-likeness (QED) is 0.652. The molecule has 2 aromatic rings. The Bertz CT molecular complexity index is 777. The molecule has 24 heavy (non-hydrogen) atoms. The minimum Gasteiger partial charge on any atom is -0.465 e. The van der Waals surface area contributed by atoms with E-state index in [0.717, 1.165) is 0 Å². The van der Waals surface area contributed by atoms with Crippen LogP contribution in [0.25, 0.3) is 0 Å². The van der Waals surface area contributed by atoms with Gasteiger partial charge in [-0.25, -0.2) is 9.18 Å². The number of ether oxygens (including phenoxy) is 1. The SMILES string of the molecule is COC(=O)c1cccc(NC(=O)CC(=O)Nc2ccccc2F)c1. The number of carbonyl (C=O) groups is 3. The summed E-state index contributed by atoms with van der Waals surface area (Å²) in [6, 6.07) is 11.8. The van der Waals surface area contributed by atoms with Gasteiger partial charge in [-0.1, -0.05) is 18.2 Å². The van der Waals surface area contributed by atoms with Gasteiger partial charge in [0.2, 0.25) is 11.8 Å². The normalized spacial score (nSPS) is 9.92. The van der Waals surface area contributed by atoms with Crippen LogP contribution in [0.2, 0.25) is 0 Å². The van der Waals surface area contributed by atoms with Crippen molar-refractivity contribution in [2.75, 3.05) is 17.7 Å². The zero-order valence-electron chi connectivity index (χ0n) is 12.8. The molecule has 0 saturated heterocycles. The number of amides is 2. The number of para-hydroxylation sites is 1. The minimum absolute atomic E-state index is 0.00277. The molecular formula is C17H15FN2O4. The molecule has 0 unspecified atom stereocenters. The Balaban J connectivity index is 1.94. The zero-order chi connectivity index (χ0) is 17.5. The van der Waals surface area contributed by atoms with Gasteiger partial charge >= 0.3 is 5.97 Å². The number of methoxy groups -OCH3 is 1. The number of rotatable bonds is 5. The van der Waals surface area contributed by atoms with Gasteiger partial charge in [0.15, 0.2) is 0 Å². The molecule has 2 N–H and O–H groups in total. The Labute approximate surface area is 137 Å². The molecule has 0 aromatic heterocycles. The highest BCUT2D eigenvalue weighted by Gasteiger charge is 2.13. The van der Waals surface area contributed by atoms with Crippen LogP contribution in [0.1, 0.15) is 16.8 Å². The van der Waals surface area contributed by atoms with E-state index in [1.165, 1.54) is 37.4 Å². The highest BCUT2D eigenvalue weighted by atomic mass is 19.1. The highest BCUT2D eigenvalue weighted by Crippen LogP contribution is 2.14. The Morgan fingerprint density at radius 3 is 2.42 bits per heavy atom. The first-order chi connectivity index (χ1) is 11.5. The lowest BCUT2D eigenvalue weighted by molar-refractivity contribution is -0.123. The van der Waals surface area contributed by atoms with Crippen LogP contribution in [0, 0.1) is 5.82 Å². The average Bonchev–Trinajstić information content (AvgIpc) is 2.56. The van der Waals surface area contributed by atoms with Crippen LogP contribution in [0.15, 0.2) is 48.5 Å². The molecule has 0 heterocycles. The Hall–Kier alpha value is -3.22. The molecule has 2 aromatic carbocycles. The molecule has 2 rings (SSSR count). The van der Waals surface area contributed by atoms with Gasteiger partial charge in [-0.05, 0) is 30.3 Å². The lowest BCUT2D eigenvalue weighted by atomic mass is 10.2. The van der Waals surface area contributed by atoms with E-state index in [4.69, 9.17) is 0 Å². The summed E-state index contributed by atoms with van der Waals surface area (Å²) in [6.07, 6.45) is -0.489. The number of carbonyl (C=O) groups excluding carboxylic acids is 3. The summed E-state index contributed by atoms with van der Waals surface area (Å²) in [5.41, 5.74) is 0.621. The molecule has 0 aliphatic rings. The molecule has 0 spiro atoms. The van der Waals surface area contributed by atoms with Crippen molar-refractivity contribution in [2.24, 2.45) is 0 Å². The van der Waals surface area contributed by atoms with Crippen molar-refractivity contribution in [1.29, 1.82) is 0 Å². The first-order valence-electron chi connectivity index (χ1n) is 7.02. The lowest BCUT2D eigenvalue weighted by Gasteiger charge is -2.08. The molecule has 124 valence electrons. The first kappa shape index (κ1) is 17.1. The number of esters is 1. The second kappa shape index (κ2) is 7.87. The van der Waals surface area contributed by atoms with Gasteiger partial charge in [-0.3, -0.25) is 9.59 Å². The third kappa shape index (κ3) is 4.64. The minimum atomic E-state index is -0.651. The molecule has 2 amide bonds. The monoisotopic (exact) mass is 330 g/mol. The van der Waals surface area contributed by atoms with Crippen molar-refractivity contribution >= 4 is 29.2 Å². The fourth-order valence-electron chi connectivity index (χ4n) is 1.95. The summed E-state index contributed by atoms with van der Waals surface area (Å²) in [5.74, 6) is -2.37. The predicted octanol–water partition coefficient (Wildman–Crippen LogP) is 2.58. The van der Waals surface area contributed by atoms with Crippen molar-refractivity contribution in [3.05, 3.63) is 59.9 Å². The number of hydrogen-bond donors (Lipinski definition) is 2. The molecule has 0 bridgehead atoms. The molecular weight excluding hydrogens is 315 g/mol. The number of benzene rings is 2. The second-order valence-electron chi connectivity index (χ2n) is 4.83. The van der Waals surface area contributed by atoms with Gasteiger partial charge in [0.05, 0.1) is 18.4 Å². The van der Waals surface area contributed by atoms with E-state index in [1.807, 2.05) is 0 Å². The third-order valence-electron chi connectivity index (χ3n) is 3.04. The molecule has 0 aliphatic heterocycles. The van der Waals surface area contributed by atoms with E-state index in [1.54, 1.807) is 18.2 Å². The van der Waals surface area contributed by atoms with Crippen molar-refractivity contribution in [3.8, 4) is 0 Å². The second-order valence-corrected chi connectivity index (χ2v) is 4.83. The van der Waals surface area contributed by atoms with Gasteiger partial charge in [0.1, 0.15) is 12.2 Å².